The highest BCUT2D eigenvalue weighted by atomic mass is 16.5. The first-order chi connectivity index (χ1) is 16.0. The Kier molecular flexibility index (Phi) is 6.40. The number of hydrogen-bond donors (Lipinski definition) is 0. The molecule has 3 aromatic rings. The normalized spacial score (nSPS) is 15.9. The molecule has 0 radical (unpaired) electrons. The summed E-state index contributed by atoms with van der Waals surface area (Å²) >= 11 is 0. The van der Waals surface area contributed by atoms with Crippen LogP contribution in [0.15, 0.2) is 90.4 Å². The number of nitrogens with zero attached hydrogens (tertiary/aromatic N) is 3. The number of esters is 2. The van der Waals surface area contributed by atoms with Crippen LogP contribution in [0.3, 0.4) is 0 Å². The lowest BCUT2D eigenvalue weighted by atomic mass is 10.00. The number of para-hydroxylation sites is 1. The van der Waals surface area contributed by atoms with Crippen LogP contribution in [-0.4, -0.2) is 37.7 Å². The maximum atomic E-state index is 13.1. The van der Waals surface area contributed by atoms with Crippen molar-refractivity contribution in [2.75, 3.05) is 30.6 Å². The molecular formula is C26H25N3O4. The lowest BCUT2D eigenvalue weighted by molar-refractivity contribution is -0.139. The number of benzene rings is 2. The first-order valence-electron chi connectivity index (χ1n) is 10.5. The zero-order chi connectivity index (χ0) is 23.4. The summed E-state index contributed by atoms with van der Waals surface area (Å²) in [5, 5.41) is 0. The van der Waals surface area contributed by atoms with Crippen LogP contribution in [0, 0.1) is 6.92 Å². The molecule has 0 aliphatic carbocycles. The molecule has 0 saturated heterocycles. The molecular weight excluding hydrogens is 418 g/mol. The topological polar surface area (TPSA) is 72.0 Å². The molecule has 0 fully saturated rings. The van der Waals surface area contributed by atoms with Crippen LogP contribution in [0.4, 0.5) is 11.4 Å². The van der Waals surface area contributed by atoms with Gasteiger partial charge < -0.3 is 19.3 Å². The number of aromatic nitrogens is 1. The highest BCUT2D eigenvalue weighted by Gasteiger charge is 2.42. The van der Waals surface area contributed by atoms with E-state index in [0.29, 0.717) is 0 Å². The van der Waals surface area contributed by atoms with E-state index in [4.69, 9.17) is 9.47 Å². The average Bonchev–Trinajstić information content (AvgIpc) is 2.88. The third kappa shape index (κ3) is 4.30. The monoisotopic (exact) mass is 443 g/mol. The minimum Gasteiger partial charge on any atom is -0.466 e. The number of carbonyl (C=O) groups excluding carboxylic acids is 2. The predicted octanol–water partition coefficient (Wildman–Crippen LogP) is 4.02. The van der Waals surface area contributed by atoms with Gasteiger partial charge in [-0.2, -0.15) is 0 Å². The van der Waals surface area contributed by atoms with Crippen molar-refractivity contribution in [1.82, 2.24) is 4.98 Å². The lowest BCUT2D eigenvalue weighted by Crippen LogP contribution is -2.50. The quantitative estimate of drug-likeness (QED) is 0.552. The number of ether oxygens (including phenoxy) is 2. The van der Waals surface area contributed by atoms with E-state index in [0.717, 1.165) is 22.5 Å². The summed E-state index contributed by atoms with van der Waals surface area (Å²) in [6, 6.07) is 21.3. The number of aryl methyl sites for hydroxylation is 1. The van der Waals surface area contributed by atoms with Crippen molar-refractivity contribution in [2.24, 2.45) is 0 Å². The van der Waals surface area contributed by atoms with Gasteiger partial charge in [0.25, 0.3) is 0 Å². The number of methoxy groups -OCH3 is 2. The van der Waals surface area contributed by atoms with Crippen LogP contribution in [0.2, 0.25) is 0 Å². The highest BCUT2D eigenvalue weighted by Crippen LogP contribution is 2.41. The van der Waals surface area contributed by atoms with Gasteiger partial charge in [-0.05, 0) is 48.9 Å². The van der Waals surface area contributed by atoms with Gasteiger partial charge in [0.05, 0.1) is 26.3 Å². The fourth-order valence-electron chi connectivity index (χ4n) is 4.03. The Morgan fingerprint density at radius 2 is 1.48 bits per heavy atom. The highest BCUT2D eigenvalue weighted by molar-refractivity contribution is 6.04. The van der Waals surface area contributed by atoms with E-state index in [1.807, 2.05) is 78.6 Å². The number of rotatable bonds is 5. The lowest BCUT2D eigenvalue weighted by Gasteiger charge is -2.46. The smallest absolute Gasteiger partial charge is 0.355 e. The van der Waals surface area contributed by atoms with Crippen molar-refractivity contribution < 1.29 is 19.1 Å². The van der Waals surface area contributed by atoms with Gasteiger partial charge in [-0.3, -0.25) is 4.98 Å². The standard InChI is InChI=1S/C26H25N3O4/c1-18-9-11-21(12-10-18)29-23(26(31)33-3)22(25(30)32-2)17-28(20-7-5-4-6-8-20)24(29)19-13-15-27-16-14-19/h4-16,24H,17H2,1-3H3. The maximum Gasteiger partial charge on any atom is 0.355 e. The molecule has 1 aliphatic rings. The molecule has 2 heterocycles. The van der Waals surface area contributed by atoms with Crippen LogP contribution >= 0.6 is 0 Å². The van der Waals surface area contributed by atoms with Gasteiger partial charge in [0.15, 0.2) is 0 Å². The van der Waals surface area contributed by atoms with E-state index in [2.05, 4.69) is 9.88 Å². The minimum atomic E-state index is -0.609. The van der Waals surface area contributed by atoms with E-state index in [9.17, 15) is 9.59 Å². The largest absolute Gasteiger partial charge is 0.466 e. The number of carbonyl (C=O) groups is 2. The van der Waals surface area contributed by atoms with Crippen molar-refractivity contribution in [1.29, 1.82) is 0 Å². The fraction of sp³-hybridized carbons (Fsp3) is 0.192. The van der Waals surface area contributed by atoms with Gasteiger partial charge in [-0.15, -0.1) is 0 Å². The van der Waals surface area contributed by atoms with E-state index in [1.165, 1.54) is 14.2 Å². The van der Waals surface area contributed by atoms with Crippen LogP contribution in [0.1, 0.15) is 17.3 Å². The number of anilines is 2. The van der Waals surface area contributed by atoms with Gasteiger partial charge in [0.2, 0.25) is 0 Å². The second-order valence-corrected chi connectivity index (χ2v) is 7.63. The minimum absolute atomic E-state index is 0.155. The SMILES string of the molecule is COC(=O)C1=C(C(=O)OC)N(c2ccc(C)cc2)C(c2ccncc2)N(c2ccccc2)C1. The van der Waals surface area contributed by atoms with E-state index >= 15 is 0 Å². The summed E-state index contributed by atoms with van der Waals surface area (Å²) in [4.78, 5) is 34.1. The van der Waals surface area contributed by atoms with Crippen LogP contribution in [0.5, 0.6) is 0 Å². The molecule has 33 heavy (non-hydrogen) atoms. The molecule has 1 aromatic heterocycles. The molecule has 0 bridgehead atoms. The Morgan fingerprint density at radius 3 is 2.09 bits per heavy atom. The molecule has 7 nitrogen and oxygen atoms in total. The molecule has 0 saturated carbocycles. The molecule has 7 heteroatoms. The molecule has 1 atom stereocenters. The second-order valence-electron chi connectivity index (χ2n) is 7.63. The van der Waals surface area contributed by atoms with Crippen LogP contribution in [-0.2, 0) is 19.1 Å². The molecule has 0 amide bonds. The molecule has 168 valence electrons. The Hall–Kier alpha value is -4.13. The predicted molar refractivity (Wildman–Crippen MR) is 125 cm³/mol. The zero-order valence-corrected chi connectivity index (χ0v) is 18.8. The Bertz CT molecular complexity index is 1160. The van der Waals surface area contributed by atoms with Crippen LogP contribution < -0.4 is 9.80 Å². The van der Waals surface area contributed by atoms with Crippen molar-refractivity contribution in [3.63, 3.8) is 0 Å². The zero-order valence-electron chi connectivity index (χ0n) is 18.8. The Morgan fingerprint density at radius 1 is 0.848 bits per heavy atom. The third-order valence-electron chi connectivity index (χ3n) is 5.61. The maximum absolute atomic E-state index is 13.1. The summed E-state index contributed by atoms with van der Waals surface area (Å²) in [7, 11) is 2.62. The molecule has 2 aromatic carbocycles. The summed E-state index contributed by atoms with van der Waals surface area (Å²) in [5.41, 5.74) is 3.99. The van der Waals surface area contributed by atoms with Crippen molar-refractivity contribution >= 4 is 23.3 Å². The summed E-state index contributed by atoms with van der Waals surface area (Å²) < 4.78 is 10.2. The summed E-state index contributed by atoms with van der Waals surface area (Å²) in [6.07, 6.45) is 2.98. The van der Waals surface area contributed by atoms with Gasteiger partial charge >= 0.3 is 11.9 Å². The molecule has 1 aliphatic heterocycles. The fourth-order valence-corrected chi connectivity index (χ4v) is 4.03. The van der Waals surface area contributed by atoms with Gasteiger partial charge in [0, 0.05) is 23.8 Å². The average molecular weight is 444 g/mol. The van der Waals surface area contributed by atoms with Gasteiger partial charge in [-0.1, -0.05) is 35.9 Å². The first kappa shape index (κ1) is 22.1. The Labute approximate surface area is 192 Å². The summed E-state index contributed by atoms with van der Waals surface area (Å²) in [6.45, 7) is 2.16. The van der Waals surface area contributed by atoms with E-state index < -0.39 is 18.1 Å². The van der Waals surface area contributed by atoms with Crippen molar-refractivity contribution in [3.05, 3.63) is 102 Å². The Balaban J connectivity index is 2.03. The molecule has 1 unspecified atom stereocenters. The van der Waals surface area contributed by atoms with Crippen molar-refractivity contribution in [2.45, 2.75) is 13.1 Å². The van der Waals surface area contributed by atoms with Gasteiger partial charge in [-0.25, -0.2) is 9.59 Å². The number of pyridine rings is 1. The molecule has 4 rings (SSSR count). The van der Waals surface area contributed by atoms with Gasteiger partial charge in [0.1, 0.15) is 11.9 Å². The molecule has 0 N–H and O–H groups in total. The van der Waals surface area contributed by atoms with E-state index in [1.54, 1.807) is 12.4 Å². The third-order valence-corrected chi connectivity index (χ3v) is 5.61. The molecule has 0 spiro atoms. The van der Waals surface area contributed by atoms with Crippen molar-refractivity contribution in [3.8, 4) is 0 Å². The number of hydrogen-bond acceptors (Lipinski definition) is 7. The summed E-state index contributed by atoms with van der Waals surface area (Å²) in [5.74, 6) is -1.19. The first-order valence-corrected chi connectivity index (χ1v) is 10.5. The van der Waals surface area contributed by atoms with Crippen LogP contribution in [0.25, 0.3) is 0 Å². The second kappa shape index (κ2) is 9.56. The van der Waals surface area contributed by atoms with E-state index in [-0.39, 0.29) is 17.8 Å².